The molecular formula is C14H13FN2O3. The summed E-state index contributed by atoms with van der Waals surface area (Å²) in [5, 5.41) is 13.6. The number of rotatable bonds is 5. The first-order valence-corrected chi connectivity index (χ1v) is 5.90. The number of benzene rings is 2. The maximum atomic E-state index is 13.3. The second-order valence-corrected chi connectivity index (χ2v) is 4.16. The molecule has 0 heterocycles. The van der Waals surface area contributed by atoms with Gasteiger partial charge in [0.2, 0.25) is 0 Å². The van der Waals surface area contributed by atoms with Crippen LogP contribution in [0, 0.1) is 15.9 Å². The van der Waals surface area contributed by atoms with Gasteiger partial charge in [0.05, 0.1) is 18.1 Å². The van der Waals surface area contributed by atoms with Gasteiger partial charge in [-0.15, -0.1) is 0 Å². The Morgan fingerprint density at radius 2 is 2.10 bits per heavy atom. The first kappa shape index (κ1) is 13.8. The van der Waals surface area contributed by atoms with Crippen molar-refractivity contribution in [2.75, 3.05) is 12.4 Å². The number of methoxy groups -OCH3 is 1. The van der Waals surface area contributed by atoms with Gasteiger partial charge in [-0.1, -0.05) is 12.1 Å². The Morgan fingerprint density at radius 1 is 1.30 bits per heavy atom. The molecule has 2 aromatic rings. The van der Waals surface area contributed by atoms with E-state index in [9.17, 15) is 14.5 Å². The van der Waals surface area contributed by atoms with Gasteiger partial charge in [0.1, 0.15) is 11.6 Å². The molecule has 6 heteroatoms. The summed E-state index contributed by atoms with van der Waals surface area (Å²) in [5.41, 5.74) is 1.01. The summed E-state index contributed by atoms with van der Waals surface area (Å²) in [5.74, 6) is 0.0712. The first-order chi connectivity index (χ1) is 9.58. The van der Waals surface area contributed by atoms with Crippen molar-refractivity contribution in [3.05, 3.63) is 64.0 Å². The number of hydrogen-bond acceptors (Lipinski definition) is 4. The molecule has 0 unspecified atom stereocenters. The highest BCUT2D eigenvalue weighted by Crippen LogP contribution is 2.21. The number of non-ortho nitro benzene ring substituents is 1. The quantitative estimate of drug-likeness (QED) is 0.671. The Kier molecular flexibility index (Phi) is 4.14. The smallest absolute Gasteiger partial charge is 0.274 e. The Hall–Kier alpha value is -2.63. The lowest BCUT2D eigenvalue weighted by molar-refractivity contribution is -0.385. The van der Waals surface area contributed by atoms with E-state index in [0.29, 0.717) is 12.2 Å². The second kappa shape index (κ2) is 6.01. The van der Waals surface area contributed by atoms with Gasteiger partial charge in [0.25, 0.3) is 5.69 Å². The van der Waals surface area contributed by atoms with Crippen molar-refractivity contribution < 1.29 is 14.1 Å². The summed E-state index contributed by atoms with van der Waals surface area (Å²) in [6, 6.07) is 10.8. The molecule has 0 bridgehead atoms. The van der Waals surface area contributed by atoms with E-state index in [0.717, 1.165) is 17.4 Å². The zero-order valence-electron chi connectivity index (χ0n) is 10.8. The van der Waals surface area contributed by atoms with Gasteiger partial charge in [0.15, 0.2) is 0 Å². The molecule has 20 heavy (non-hydrogen) atoms. The fourth-order valence-corrected chi connectivity index (χ4v) is 1.77. The van der Waals surface area contributed by atoms with Gasteiger partial charge < -0.3 is 10.1 Å². The van der Waals surface area contributed by atoms with E-state index in [1.807, 2.05) is 24.3 Å². The van der Waals surface area contributed by atoms with Crippen LogP contribution in [0.1, 0.15) is 5.56 Å². The van der Waals surface area contributed by atoms with E-state index in [1.165, 1.54) is 12.1 Å². The van der Waals surface area contributed by atoms with Crippen LogP contribution in [0.25, 0.3) is 0 Å². The number of nitro benzene ring substituents is 1. The van der Waals surface area contributed by atoms with Gasteiger partial charge in [-0.2, -0.15) is 0 Å². The maximum Gasteiger partial charge on any atom is 0.274 e. The maximum absolute atomic E-state index is 13.3. The van der Waals surface area contributed by atoms with E-state index >= 15 is 0 Å². The minimum Gasteiger partial charge on any atom is -0.497 e. The lowest BCUT2D eigenvalue weighted by Gasteiger charge is -2.08. The van der Waals surface area contributed by atoms with Crippen LogP contribution >= 0.6 is 0 Å². The lowest BCUT2D eigenvalue weighted by atomic mass is 10.2. The normalized spacial score (nSPS) is 10.1. The topological polar surface area (TPSA) is 64.4 Å². The van der Waals surface area contributed by atoms with E-state index in [-0.39, 0.29) is 5.69 Å². The summed E-state index contributed by atoms with van der Waals surface area (Å²) in [4.78, 5) is 10.0. The lowest BCUT2D eigenvalue weighted by Crippen LogP contribution is -2.01. The molecule has 0 saturated carbocycles. The minimum absolute atomic E-state index is 0.279. The number of nitrogens with zero attached hydrogens (tertiary/aromatic N) is 1. The molecule has 2 rings (SSSR count). The highest BCUT2D eigenvalue weighted by Gasteiger charge is 2.09. The van der Waals surface area contributed by atoms with Gasteiger partial charge in [-0.25, -0.2) is 4.39 Å². The number of halogens is 1. The third kappa shape index (κ3) is 3.44. The Balaban J connectivity index is 2.12. The van der Waals surface area contributed by atoms with Gasteiger partial charge in [0, 0.05) is 18.3 Å². The van der Waals surface area contributed by atoms with Crippen molar-refractivity contribution in [2.24, 2.45) is 0 Å². The number of nitrogens with one attached hydrogen (secondary N) is 1. The molecule has 0 atom stereocenters. The molecule has 1 N–H and O–H groups in total. The predicted molar refractivity (Wildman–Crippen MR) is 73.4 cm³/mol. The van der Waals surface area contributed by atoms with Crippen molar-refractivity contribution >= 4 is 11.4 Å². The van der Waals surface area contributed by atoms with Crippen LogP contribution in [0.5, 0.6) is 5.75 Å². The van der Waals surface area contributed by atoms with Crippen molar-refractivity contribution in [1.29, 1.82) is 0 Å². The SMILES string of the molecule is COc1cccc(CNc2cc(F)cc([N+](=O)[O-])c2)c1. The van der Waals surface area contributed by atoms with Crippen molar-refractivity contribution in [2.45, 2.75) is 6.54 Å². The van der Waals surface area contributed by atoms with Crippen molar-refractivity contribution in [3.8, 4) is 5.75 Å². The second-order valence-electron chi connectivity index (χ2n) is 4.16. The monoisotopic (exact) mass is 276 g/mol. The number of hydrogen-bond donors (Lipinski definition) is 1. The van der Waals surface area contributed by atoms with E-state index in [2.05, 4.69) is 5.32 Å². The van der Waals surface area contributed by atoms with Crippen molar-refractivity contribution in [1.82, 2.24) is 0 Å². The third-order valence-corrected chi connectivity index (χ3v) is 2.72. The number of ether oxygens (including phenoxy) is 1. The average Bonchev–Trinajstić information content (AvgIpc) is 2.44. The van der Waals surface area contributed by atoms with E-state index in [4.69, 9.17) is 4.74 Å². The van der Waals surface area contributed by atoms with Crippen LogP contribution in [0.4, 0.5) is 15.8 Å². The van der Waals surface area contributed by atoms with Crippen LogP contribution in [0.2, 0.25) is 0 Å². The summed E-state index contributed by atoms with van der Waals surface area (Å²) < 4.78 is 18.4. The van der Waals surface area contributed by atoms with Gasteiger partial charge in [-0.3, -0.25) is 10.1 Å². The van der Waals surface area contributed by atoms with E-state index in [1.54, 1.807) is 7.11 Å². The zero-order chi connectivity index (χ0) is 14.5. The van der Waals surface area contributed by atoms with Crippen molar-refractivity contribution in [3.63, 3.8) is 0 Å². The molecule has 0 saturated heterocycles. The standard InChI is InChI=1S/C14H13FN2O3/c1-20-14-4-2-3-10(5-14)9-16-12-6-11(15)7-13(8-12)17(18)19/h2-8,16H,9H2,1H3. The highest BCUT2D eigenvalue weighted by molar-refractivity contribution is 5.52. The van der Waals surface area contributed by atoms with Crippen LogP contribution in [0.3, 0.4) is 0 Å². The number of anilines is 1. The summed E-state index contributed by atoms with van der Waals surface area (Å²) in [6.07, 6.45) is 0. The number of nitro groups is 1. The molecule has 0 fully saturated rings. The third-order valence-electron chi connectivity index (χ3n) is 2.72. The largest absolute Gasteiger partial charge is 0.497 e. The molecule has 0 aliphatic heterocycles. The molecule has 2 aromatic carbocycles. The average molecular weight is 276 g/mol. The Labute approximate surface area is 115 Å². The molecule has 104 valence electrons. The fourth-order valence-electron chi connectivity index (χ4n) is 1.77. The molecule has 0 amide bonds. The zero-order valence-corrected chi connectivity index (χ0v) is 10.8. The Bertz CT molecular complexity index is 632. The summed E-state index contributed by atoms with van der Waals surface area (Å²) >= 11 is 0. The van der Waals surface area contributed by atoms with Crippen LogP contribution in [0.15, 0.2) is 42.5 Å². The summed E-state index contributed by atoms with van der Waals surface area (Å²) in [7, 11) is 1.57. The Morgan fingerprint density at radius 3 is 2.80 bits per heavy atom. The van der Waals surface area contributed by atoms with Gasteiger partial charge >= 0.3 is 0 Å². The van der Waals surface area contributed by atoms with Crippen LogP contribution < -0.4 is 10.1 Å². The molecule has 0 radical (unpaired) electrons. The van der Waals surface area contributed by atoms with E-state index < -0.39 is 10.7 Å². The molecule has 0 aromatic heterocycles. The first-order valence-electron chi connectivity index (χ1n) is 5.90. The van der Waals surface area contributed by atoms with Crippen LogP contribution in [-0.4, -0.2) is 12.0 Å². The fraction of sp³-hybridized carbons (Fsp3) is 0.143. The summed E-state index contributed by atoms with van der Waals surface area (Å²) in [6.45, 7) is 0.414. The molecule has 5 nitrogen and oxygen atoms in total. The van der Waals surface area contributed by atoms with Crippen LogP contribution in [-0.2, 0) is 6.54 Å². The molecule has 0 aliphatic rings. The molecular weight excluding hydrogens is 263 g/mol. The van der Waals surface area contributed by atoms with Gasteiger partial charge in [-0.05, 0) is 23.8 Å². The molecule has 0 aliphatic carbocycles. The molecule has 0 spiro atoms. The highest BCUT2D eigenvalue weighted by atomic mass is 19.1. The minimum atomic E-state index is -0.646. The predicted octanol–water partition coefficient (Wildman–Crippen LogP) is 3.35.